The highest BCUT2D eigenvalue weighted by Crippen LogP contribution is 2.38. The Bertz CT molecular complexity index is 1500. The lowest BCUT2D eigenvalue weighted by Gasteiger charge is -2.39. The predicted molar refractivity (Wildman–Crippen MR) is 157 cm³/mol. The fourth-order valence-electron chi connectivity index (χ4n) is 6.35. The van der Waals surface area contributed by atoms with Crippen LogP contribution in [0.2, 0.25) is 0 Å². The summed E-state index contributed by atoms with van der Waals surface area (Å²) in [6.45, 7) is 16.3. The number of piperidine rings is 1. The van der Waals surface area contributed by atoms with Crippen LogP contribution in [0.15, 0.2) is 30.3 Å². The van der Waals surface area contributed by atoms with Crippen molar-refractivity contribution in [2.24, 2.45) is 0 Å². The molecule has 4 aromatic rings. The summed E-state index contributed by atoms with van der Waals surface area (Å²) >= 11 is 0. The van der Waals surface area contributed by atoms with Gasteiger partial charge < -0.3 is 9.80 Å². The second-order valence-corrected chi connectivity index (χ2v) is 11.7. The van der Waals surface area contributed by atoms with Crippen molar-refractivity contribution in [3.05, 3.63) is 64.0 Å². The van der Waals surface area contributed by atoms with E-state index in [9.17, 15) is 0 Å². The monoisotopic (exact) mass is 508 g/mol. The fourth-order valence-corrected chi connectivity index (χ4v) is 6.35. The number of aromatic amines is 1. The van der Waals surface area contributed by atoms with Gasteiger partial charge in [0.05, 0.1) is 11.2 Å². The summed E-state index contributed by atoms with van der Waals surface area (Å²) in [5.74, 6) is 2.49. The molecule has 6 nitrogen and oxygen atoms in total. The molecule has 1 fully saturated rings. The van der Waals surface area contributed by atoms with E-state index in [1.807, 2.05) is 0 Å². The molecule has 0 bridgehead atoms. The van der Waals surface area contributed by atoms with Crippen LogP contribution in [0.1, 0.15) is 79.6 Å². The molecule has 1 atom stereocenters. The zero-order valence-electron chi connectivity index (χ0n) is 23.7. The van der Waals surface area contributed by atoms with E-state index in [2.05, 4.69) is 91.9 Å². The number of H-pyrrole nitrogens is 1. The van der Waals surface area contributed by atoms with E-state index in [4.69, 9.17) is 9.97 Å². The second-order valence-electron chi connectivity index (χ2n) is 11.7. The first kappa shape index (κ1) is 24.9. The van der Waals surface area contributed by atoms with Crippen molar-refractivity contribution in [2.45, 2.75) is 85.7 Å². The normalized spacial score (nSPS) is 17.9. The number of fused-ring (bicyclic) bond motifs is 2. The minimum Gasteiger partial charge on any atom is -0.366 e. The summed E-state index contributed by atoms with van der Waals surface area (Å²) in [6.07, 6.45) is 4.64. The van der Waals surface area contributed by atoms with Crippen LogP contribution in [0.25, 0.3) is 22.3 Å². The van der Waals surface area contributed by atoms with Crippen LogP contribution in [-0.4, -0.2) is 39.3 Å². The highest BCUT2D eigenvalue weighted by molar-refractivity contribution is 5.96. The molecule has 6 heteroatoms. The molecular weight excluding hydrogens is 468 g/mol. The zero-order valence-corrected chi connectivity index (χ0v) is 23.7. The van der Waals surface area contributed by atoms with Crippen LogP contribution in [0.5, 0.6) is 0 Å². The first-order valence-corrected chi connectivity index (χ1v) is 14.3. The molecule has 4 heterocycles. The first-order chi connectivity index (χ1) is 18.3. The maximum atomic E-state index is 5.40. The van der Waals surface area contributed by atoms with Crippen molar-refractivity contribution in [2.75, 3.05) is 22.9 Å². The molecule has 198 valence electrons. The number of rotatable bonds is 4. The third-order valence-electron chi connectivity index (χ3n) is 8.69. The van der Waals surface area contributed by atoms with Gasteiger partial charge in [0.1, 0.15) is 5.82 Å². The molecule has 2 aliphatic heterocycles. The van der Waals surface area contributed by atoms with Gasteiger partial charge in [-0.1, -0.05) is 32.0 Å². The molecule has 0 amide bonds. The van der Waals surface area contributed by atoms with Gasteiger partial charge in [0.25, 0.3) is 0 Å². The second kappa shape index (κ2) is 9.72. The Morgan fingerprint density at radius 1 is 0.974 bits per heavy atom. The maximum Gasteiger partial charge on any atom is 0.162 e. The summed E-state index contributed by atoms with van der Waals surface area (Å²) in [6, 6.07) is 11.7. The van der Waals surface area contributed by atoms with Crippen LogP contribution < -0.4 is 9.80 Å². The number of aromatic nitrogens is 4. The maximum absolute atomic E-state index is 5.40. The molecule has 1 unspecified atom stereocenters. The highest BCUT2D eigenvalue weighted by Gasteiger charge is 2.30. The Morgan fingerprint density at radius 2 is 1.79 bits per heavy atom. The summed E-state index contributed by atoms with van der Waals surface area (Å²) in [5.41, 5.74) is 10.9. The van der Waals surface area contributed by atoms with E-state index in [1.165, 1.54) is 52.9 Å². The van der Waals surface area contributed by atoms with Gasteiger partial charge in [0.2, 0.25) is 0 Å². The predicted octanol–water partition coefficient (Wildman–Crippen LogP) is 7.01. The summed E-state index contributed by atoms with van der Waals surface area (Å²) in [4.78, 5) is 15.8. The molecular formula is C32H40N6. The van der Waals surface area contributed by atoms with Gasteiger partial charge in [0, 0.05) is 60.0 Å². The molecule has 0 radical (unpaired) electrons. The Morgan fingerprint density at radius 3 is 2.58 bits per heavy atom. The average molecular weight is 509 g/mol. The quantitative estimate of drug-likeness (QED) is 0.321. The number of hydrogen-bond donors (Lipinski definition) is 1. The Labute approximate surface area is 226 Å². The van der Waals surface area contributed by atoms with Crippen molar-refractivity contribution < 1.29 is 0 Å². The zero-order chi connectivity index (χ0) is 26.6. The molecule has 0 aliphatic carbocycles. The van der Waals surface area contributed by atoms with Gasteiger partial charge in [0.15, 0.2) is 5.82 Å². The van der Waals surface area contributed by atoms with Gasteiger partial charge >= 0.3 is 0 Å². The minimum atomic E-state index is 0.476. The van der Waals surface area contributed by atoms with Crippen molar-refractivity contribution in [3.8, 4) is 11.4 Å². The van der Waals surface area contributed by atoms with Crippen LogP contribution >= 0.6 is 0 Å². The van der Waals surface area contributed by atoms with Crippen LogP contribution in [0.4, 0.5) is 11.5 Å². The third-order valence-corrected chi connectivity index (χ3v) is 8.69. The number of nitrogens with zero attached hydrogens (tertiary/aromatic N) is 5. The van der Waals surface area contributed by atoms with Gasteiger partial charge in [-0.3, -0.25) is 5.10 Å². The van der Waals surface area contributed by atoms with Gasteiger partial charge in [-0.15, -0.1) is 0 Å². The third kappa shape index (κ3) is 4.24. The SMILES string of the molecule is Cc1ccc(C(C)C)cc1N1CCc2nc(-c3c(C)ccc4n[nH]c(C)c34)nc(N3CCCCC3C)c2C1. The summed E-state index contributed by atoms with van der Waals surface area (Å²) in [5, 5.41) is 8.85. The fraction of sp³-hybridized carbons (Fsp3) is 0.469. The molecule has 1 N–H and O–H groups in total. The molecule has 2 aromatic carbocycles. The molecule has 38 heavy (non-hydrogen) atoms. The molecule has 2 aromatic heterocycles. The molecule has 0 saturated carbocycles. The van der Waals surface area contributed by atoms with Crippen LogP contribution in [-0.2, 0) is 13.0 Å². The van der Waals surface area contributed by atoms with Gasteiger partial charge in [-0.2, -0.15) is 5.10 Å². The van der Waals surface area contributed by atoms with E-state index in [0.29, 0.717) is 12.0 Å². The van der Waals surface area contributed by atoms with Crippen molar-refractivity contribution in [3.63, 3.8) is 0 Å². The molecule has 1 saturated heterocycles. The molecule has 2 aliphatic rings. The highest BCUT2D eigenvalue weighted by atomic mass is 15.2. The van der Waals surface area contributed by atoms with Gasteiger partial charge in [-0.25, -0.2) is 9.97 Å². The first-order valence-electron chi connectivity index (χ1n) is 14.3. The lowest BCUT2D eigenvalue weighted by atomic mass is 9.96. The number of anilines is 2. The standard InChI is InChI=1S/C32H40N6/c1-19(2)24-12-10-20(3)28(17-24)37-16-14-26-25(18-37)32(38-15-8-7-9-22(38)5)34-31(33-26)29-21(4)11-13-27-30(29)23(6)35-36-27/h10-13,17,19,22H,7-9,14-16,18H2,1-6H3,(H,35,36). The number of nitrogens with one attached hydrogen (secondary N) is 1. The molecule has 6 rings (SSSR count). The summed E-state index contributed by atoms with van der Waals surface area (Å²) < 4.78 is 0. The Hall–Kier alpha value is -3.41. The van der Waals surface area contributed by atoms with E-state index < -0.39 is 0 Å². The number of aryl methyl sites for hydroxylation is 3. The van der Waals surface area contributed by atoms with Crippen molar-refractivity contribution >= 4 is 22.4 Å². The van der Waals surface area contributed by atoms with Crippen molar-refractivity contribution in [1.29, 1.82) is 0 Å². The lowest BCUT2D eigenvalue weighted by molar-refractivity contribution is 0.478. The van der Waals surface area contributed by atoms with E-state index in [0.717, 1.165) is 59.9 Å². The lowest BCUT2D eigenvalue weighted by Crippen LogP contribution is -2.41. The minimum absolute atomic E-state index is 0.476. The topological polar surface area (TPSA) is 60.9 Å². The smallest absolute Gasteiger partial charge is 0.162 e. The largest absolute Gasteiger partial charge is 0.366 e. The number of hydrogen-bond acceptors (Lipinski definition) is 5. The van der Waals surface area contributed by atoms with E-state index in [1.54, 1.807) is 0 Å². The number of benzene rings is 2. The van der Waals surface area contributed by atoms with E-state index >= 15 is 0 Å². The average Bonchev–Trinajstić information content (AvgIpc) is 3.28. The van der Waals surface area contributed by atoms with Crippen LogP contribution in [0.3, 0.4) is 0 Å². The Balaban J connectivity index is 1.50. The van der Waals surface area contributed by atoms with E-state index in [-0.39, 0.29) is 0 Å². The molecule has 0 spiro atoms. The van der Waals surface area contributed by atoms with Crippen LogP contribution in [0, 0.1) is 20.8 Å². The van der Waals surface area contributed by atoms with Crippen molar-refractivity contribution in [1.82, 2.24) is 20.2 Å². The Kier molecular flexibility index (Phi) is 6.37. The van der Waals surface area contributed by atoms with Gasteiger partial charge in [-0.05, 0) is 81.7 Å². The summed E-state index contributed by atoms with van der Waals surface area (Å²) in [7, 11) is 0.